The van der Waals surface area contributed by atoms with Gasteiger partial charge < -0.3 is 21.1 Å². The smallest absolute Gasteiger partial charge is 0.121 e. The Hall–Kier alpha value is -1.42. The van der Waals surface area contributed by atoms with Crippen LogP contribution in [0, 0.1) is 0 Å². The minimum Gasteiger partial charge on any atom is -0.492 e. The van der Waals surface area contributed by atoms with Crippen LogP contribution in [0.15, 0.2) is 18.2 Å². The zero-order valence-electron chi connectivity index (χ0n) is 10.4. The van der Waals surface area contributed by atoms with E-state index in [4.69, 9.17) is 16.2 Å². The molecular weight excluding hydrogens is 214 g/mol. The maximum atomic E-state index is 5.77. The first kappa shape index (κ1) is 12.0. The predicted molar refractivity (Wildman–Crippen MR) is 71.0 cm³/mol. The number of piperidine rings is 1. The minimum atomic E-state index is 0.516. The number of nitrogens with two attached hydrogens (primary N) is 2. The van der Waals surface area contributed by atoms with Gasteiger partial charge in [-0.15, -0.1) is 0 Å². The molecular formula is C13H21N3O. The van der Waals surface area contributed by atoms with Crippen LogP contribution in [0.2, 0.25) is 0 Å². The van der Waals surface area contributed by atoms with Crippen molar-refractivity contribution in [3.05, 3.63) is 18.2 Å². The maximum absolute atomic E-state index is 5.77. The molecule has 0 amide bonds. The average Bonchev–Trinajstić information content (AvgIpc) is 2.32. The van der Waals surface area contributed by atoms with Crippen LogP contribution in [0.3, 0.4) is 0 Å². The van der Waals surface area contributed by atoms with Gasteiger partial charge in [-0.05, 0) is 38.6 Å². The Balaban J connectivity index is 1.90. The van der Waals surface area contributed by atoms with Crippen molar-refractivity contribution in [3.8, 4) is 5.75 Å². The molecule has 0 aromatic heterocycles. The van der Waals surface area contributed by atoms with E-state index < -0.39 is 0 Å². The highest BCUT2D eigenvalue weighted by Crippen LogP contribution is 2.22. The monoisotopic (exact) mass is 235 g/mol. The highest BCUT2D eigenvalue weighted by atomic mass is 16.5. The van der Waals surface area contributed by atoms with Crippen molar-refractivity contribution in [2.45, 2.75) is 25.3 Å². The zero-order valence-corrected chi connectivity index (χ0v) is 10.4. The van der Waals surface area contributed by atoms with Gasteiger partial charge in [0.1, 0.15) is 12.4 Å². The number of likely N-dealkylation sites (tertiary alicyclic amines) is 1. The summed E-state index contributed by atoms with van der Waals surface area (Å²) in [7, 11) is 2.16. The molecule has 1 heterocycles. The van der Waals surface area contributed by atoms with Gasteiger partial charge in [-0.2, -0.15) is 0 Å². The Kier molecular flexibility index (Phi) is 3.74. The number of anilines is 2. The molecule has 1 aromatic rings. The third-order valence-corrected chi connectivity index (χ3v) is 3.42. The van der Waals surface area contributed by atoms with E-state index in [9.17, 15) is 0 Å². The van der Waals surface area contributed by atoms with Crippen molar-refractivity contribution in [1.82, 2.24) is 4.90 Å². The Bertz CT molecular complexity index is 381. The summed E-state index contributed by atoms with van der Waals surface area (Å²) in [4.78, 5) is 2.37. The Morgan fingerprint density at radius 2 is 2.12 bits per heavy atom. The van der Waals surface area contributed by atoms with E-state index in [0.29, 0.717) is 17.4 Å². The van der Waals surface area contributed by atoms with E-state index in [-0.39, 0.29) is 0 Å². The summed E-state index contributed by atoms with van der Waals surface area (Å²) in [5.74, 6) is 0.802. The lowest BCUT2D eigenvalue weighted by Crippen LogP contribution is -2.40. The summed E-state index contributed by atoms with van der Waals surface area (Å²) >= 11 is 0. The third kappa shape index (κ3) is 3.03. The van der Waals surface area contributed by atoms with Crippen LogP contribution >= 0.6 is 0 Å². The summed E-state index contributed by atoms with van der Waals surface area (Å²) in [6.07, 6.45) is 3.80. The first-order valence-electron chi connectivity index (χ1n) is 6.15. The molecule has 0 saturated carbocycles. The Morgan fingerprint density at radius 1 is 1.29 bits per heavy atom. The van der Waals surface area contributed by atoms with Gasteiger partial charge in [0.15, 0.2) is 0 Å². The highest BCUT2D eigenvalue weighted by Gasteiger charge is 2.19. The van der Waals surface area contributed by atoms with E-state index in [0.717, 1.165) is 18.9 Å². The number of benzene rings is 1. The van der Waals surface area contributed by atoms with Gasteiger partial charge in [-0.1, -0.05) is 6.42 Å². The van der Waals surface area contributed by atoms with Crippen molar-refractivity contribution in [2.75, 3.05) is 31.7 Å². The fraction of sp³-hybridized carbons (Fsp3) is 0.538. The molecule has 0 spiro atoms. The van der Waals surface area contributed by atoms with Crippen LogP contribution in [-0.2, 0) is 0 Å². The fourth-order valence-corrected chi connectivity index (χ4v) is 2.19. The molecule has 4 N–H and O–H groups in total. The highest BCUT2D eigenvalue weighted by molar-refractivity contribution is 5.65. The first-order valence-corrected chi connectivity index (χ1v) is 6.15. The van der Waals surface area contributed by atoms with Gasteiger partial charge in [0.25, 0.3) is 0 Å². The van der Waals surface area contributed by atoms with Crippen LogP contribution in [-0.4, -0.2) is 31.1 Å². The van der Waals surface area contributed by atoms with Crippen molar-refractivity contribution >= 4 is 11.4 Å². The minimum absolute atomic E-state index is 0.516. The zero-order chi connectivity index (χ0) is 12.3. The van der Waals surface area contributed by atoms with Gasteiger partial charge in [0.2, 0.25) is 0 Å². The van der Waals surface area contributed by atoms with Crippen LogP contribution in [0.4, 0.5) is 11.4 Å². The molecule has 1 aliphatic rings. The standard InChI is InChI=1S/C13H21N3O/c1-16-7-3-2-4-10(16)9-17-11-5-6-12(14)13(15)8-11/h5-6,8,10H,2-4,7,9,14-15H2,1H3. The maximum Gasteiger partial charge on any atom is 0.121 e. The van der Waals surface area contributed by atoms with Crippen molar-refractivity contribution < 1.29 is 4.74 Å². The molecule has 1 unspecified atom stereocenters. The van der Waals surface area contributed by atoms with E-state index in [1.807, 2.05) is 6.07 Å². The molecule has 1 aromatic carbocycles. The van der Waals surface area contributed by atoms with E-state index in [1.165, 1.54) is 19.3 Å². The molecule has 1 saturated heterocycles. The van der Waals surface area contributed by atoms with E-state index in [2.05, 4.69) is 11.9 Å². The number of hydrogen-bond acceptors (Lipinski definition) is 4. The van der Waals surface area contributed by atoms with Crippen LogP contribution in [0.1, 0.15) is 19.3 Å². The molecule has 1 aliphatic heterocycles. The molecule has 0 radical (unpaired) electrons. The van der Waals surface area contributed by atoms with E-state index in [1.54, 1.807) is 12.1 Å². The number of nitrogen functional groups attached to an aromatic ring is 2. The number of ether oxygens (including phenoxy) is 1. The fourth-order valence-electron chi connectivity index (χ4n) is 2.19. The predicted octanol–water partition coefficient (Wildman–Crippen LogP) is 1.71. The van der Waals surface area contributed by atoms with Crippen molar-refractivity contribution in [1.29, 1.82) is 0 Å². The van der Waals surface area contributed by atoms with Gasteiger partial charge in [-0.25, -0.2) is 0 Å². The normalized spacial score (nSPS) is 21.4. The molecule has 2 rings (SSSR count). The third-order valence-electron chi connectivity index (χ3n) is 3.42. The summed E-state index contributed by atoms with van der Waals surface area (Å²) in [6.45, 7) is 1.89. The van der Waals surface area contributed by atoms with Gasteiger partial charge >= 0.3 is 0 Å². The molecule has 4 nitrogen and oxygen atoms in total. The number of nitrogens with zero attached hydrogens (tertiary/aromatic N) is 1. The summed E-state index contributed by atoms with van der Waals surface area (Å²) in [6, 6.07) is 5.96. The molecule has 4 heteroatoms. The second-order valence-corrected chi connectivity index (χ2v) is 4.73. The lowest BCUT2D eigenvalue weighted by Gasteiger charge is -2.32. The molecule has 0 bridgehead atoms. The SMILES string of the molecule is CN1CCCCC1COc1ccc(N)c(N)c1. The molecule has 1 fully saturated rings. The number of hydrogen-bond donors (Lipinski definition) is 2. The van der Waals surface area contributed by atoms with E-state index >= 15 is 0 Å². The van der Waals surface area contributed by atoms with Gasteiger partial charge in [-0.3, -0.25) is 0 Å². The number of rotatable bonds is 3. The van der Waals surface area contributed by atoms with Crippen LogP contribution in [0.5, 0.6) is 5.75 Å². The molecule has 17 heavy (non-hydrogen) atoms. The summed E-state index contributed by atoms with van der Waals surface area (Å²) < 4.78 is 5.77. The first-order chi connectivity index (χ1) is 8.16. The average molecular weight is 235 g/mol. The molecule has 1 atom stereocenters. The molecule has 0 aliphatic carbocycles. The Labute approximate surface area is 103 Å². The van der Waals surface area contributed by atoms with Crippen LogP contribution in [0.25, 0.3) is 0 Å². The lowest BCUT2D eigenvalue weighted by atomic mass is 10.0. The Morgan fingerprint density at radius 3 is 2.82 bits per heavy atom. The van der Waals surface area contributed by atoms with Crippen LogP contribution < -0.4 is 16.2 Å². The van der Waals surface area contributed by atoms with Gasteiger partial charge in [0.05, 0.1) is 11.4 Å². The van der Waals surface area contributed by atoms with Gasteiger partial charge in [0, 0.05) is 12.1 Å². The lowest BCUT2D eigenvalue weighted by molar-refractivity contribution is 0.125. The largest absolute Gasteiger partial charge is 0.492 e. The second-order valence-electron chi connectivity index (χ2n) is 4.73. The molecule has 94 valence electrons. The number of likely N-dealkylation sites (N-methyl/N-ethyl adjacent to an activating group) is 1. The van der Waals surface area contributed by atoms with Crippen molar-refractivity contribution in [3.63, 3.8) is 0 Å². The summed E-state index contributed by atoms with van der Waals surface area (Å²) in [5.41, 5.74) is 12.6. The van der Waals surface area contributed by atoms with Crippen molar-refractivity contribution in [2.24, 2.45) is 0 Å². The summed E-state index contributed by atoms with van der Waals surface area (Å²) in [5, 5.41) is 0. The topological polar surface area (TPSA) is 64.5 Å². The second kappa shape index (κ2) is 5.27. The quantitative estimate of drug-likeness (QED) is 0.783.